The van der Waals surface area contributed by atoms with Crippen LogP contribution in [0.15, 0.2) is 36.4 Å². The molecule has 1 unspecified atom stereocenters. The molecule has 0 amide bonds. The highest BCUT2D eigenvalue weighted by Crippen LogP contribution is 2.39. The van der Waals surface area contributed by atoms with Gasteiger partial charge in [0.15, 0.2) is 0 Å². The Kier molecular flexibility index (Phi) is 6.37. The number of aromatic hydroxyl groups is 1. The molecule has 0 saturated heterocycles. The largest absolute Gasteiger partial charge is 0.508 e. The summed E-state index contributed by atoms with van der Waals surface area (Å²) < 4.78 is 19.4. The maximum absolute atomic E-state index is 14.0. The van der Waals surface area contributed by atoms with Crippen molar-refractivity contribution in [2.75, 3.05) is 13.7 Å². The molecule has 2 atom stereocenters. The van der Waals surface area contributed by atoms with Gasteiger partial charge in [0.1, 0.15) is 11.6 Å². The highest BCUT2D eigenvalue weighted by Gasteiger charge is 2.24. The van der Waals surface area contributed by atoms with Gasteiger partial charge in [-0.05, 0) is 53.4 Å². The molecular weight excluding hydrogens is 385 g/mol. The number of benzene rings is 2. The van der Waals surface area contributed by atoms with Crippen LogP contribution in [-0.4, -0.2) is 34.9 Å². The van der Waals surface area contributed by atoms with E-state index in [0.717, 1.165) is 22.1 Å². The zero-order valence-corrected chi connectivity index (χ0v) is 17.6. The summed E-state index contributed by atoms with van der Waals surface area (Å²) in [6, 6.07) is 9.88. The van der Waals surface area contributed by atoms with Crippen LogP contribution < -0.4 is 0 Å². The molecule has 0 fully saturated rings. The molecule has 3 aromatic rings. The average Bonchev–Trinajstić information content (AvgIpc) is 2.69. The predicted octanol–water partition coefficient (Wildman–Crippen LogP) is 5.07. The number of carboxylic acids is 1. The topological polar surface area (TPSA) is 79.7 Å². The van der Waals surface area contributed by atoms with Crippen LogP contribution in [-0.2, 0) is 16.0 Å². The number of carbonyl (C=O) groups is 1. The van der Waals surface area contributed by atoms with Crippen molar-refractivity contribution in [3.05, 3.63) is 59.0 Å². The van der Waals surface area contributed by atoms with Crippen LogP contribution in [0.1, 0.15) is 36.6 Å². The third kappa shape index (κ3) is 4.28. The van der Waals surface area contributed by atoms with E-state index < -0.39 is 11.9 Å². The number of ether oxygens (including phenoxy) is 1. The van der Waals surface area contributed by atoms with E-state index in [4.69, 9.17) is 9.72 Å². The van der Waals surface area contributed by atoms with Crippen LogP contribution in [0.5, 0.6) is 5.75 Å². The van der Waals surface area contributed by atoms with E-state index in [-0.39, 0.29) is 23.9 Å². The molecule has 0 aliphatic carbocycles. The van der Waals surface area contributed by atoms with E-state index >= 15 is 0 Å². The standard InChI is InChI=1S/C24H26FNO4/c1-13-9-16(5-8-19(13)25)23-18-7-6-17(27)11-20(18)26-21(10-14(2)24(28)29)22(23)15(3)12-30-4/h5-9,11,14-15,27H,10,12H2,1-4H3,(H,28,29)/t14-,15?/m0/s1. The number of hydrogen-bond acceptors (Lipinski definition) is 4. The van der Waals surface area contributed by atoms with E-state index in [9.17, 15) is 19.4 Å². The number of halogens is 1. The Hall–Kier alpha value is -2.99. The molecule has 158 valence electrons. The van der Waals surface area contributed by atoms with Gasteiger partial charge >= 0.3 is 5.97 Å². The van der Waals surface area contributed by atoms with Crippen LogP contribution in [0.2, 0.25) is 0 Å². The Bertz CT molecular complexity index is 1100. The van der Waals surface area contributed by atoms with Crippen molar-refractivity contribution in [2.24, 2.45) is 5.92 Å². The van der Waals surface area contributed by atoms with Gasteiger partial charge < -0.3 is 14.9 Å². The molecule has 2 N–H and O–H groups in total. The maximum atomic E-state index is 14.0. The van der Waals surface area contributed by atoms with Crippen molar-refractivity contribution in [3.63, 3.8) is 0 Å². The monoisotopic (exact) mass is 411 g/mol. The highest BCUT2D eigenvalue weighted by molar-refractivity contribution is 5.97. The molecule has 3 rings (SSSR count). The number of fused-ring (bicyclic) bond motifs is 1. The van der Waals surface area contributed by atoms with Crippen LogP contribution in [0.4, 0.5) is 4.39 Å². The average molecular weight is 411 g/mol. The van der Waals surface area contributed by atoms with Crippen LogP contribution in [0.3, 0.4) is 0 Å². The van der Waals surface area contributed by atoms with Gasteiger partial charge in [0.05, 0.1) is 18.0 Å². The molecule has 30 heavy (non-hydrogen) atoms. The fraction of sp³-hybridized carbons (Fsp3) is 0.333. The summed E-state index contributed by atoms with van der Waals surface area (Å²) in [6.07, 6.45) is 0.234. The van der Waals surface area contributed by atoms with E-state index in [1.807, 2.05) is 6.92 Å². The lowest BCUT2D eigenvalue weighted by Crippen LogP contribution is -2.17. The number of pyridine rings is 1. The first-order valence-electron chi connectivity index (χ1n) is 9.86. The zero-order chi connectivity index (χ0) is 22.0. The van der Waals surface area contributed by atoms with E-state index in [1.54, 1.807) is 51.3 Å². The first-order valence-corrected chi connectivity index (χ1v) is 9.86. The summed E-state index contributed by atoms with van der Waals surface area (Å²) >= 11 is 0. The van der Waals surface area contributed by atoms with E-state index in [2.05, 4.69) is 0 Å². The quantitative estimate of drug-likeness (QED) is 0.568. The zero-order valence-electron chi connectivity index (χ0n) is 17.6. The van der Waals surface area contributed by atoms with Gasteiger partial charge in [-0.3, -0.25) is 9.78 Å². The molecule has 1 heterocycles. The van der Waals surface area contributed by atoms with Crippen molar-refractivity contribution >= 4 is 16.9 Å². The number of hydrogen-bond donors (Lipinski definition) is 2. The molecule has 0 radical (unpaired) electrons. The third-order valence-corrected chi connectivity index (χ3v) is 5.36. The summed E-state index contributed by atoms with van der Waals surface area (Å²) in [6.45, 7) is 5.78. The molecule has 0 saturated carbocycles. The van der Waals surface area contributed by atoms with Crippen molar-refractivity contribution in [1.82, 2.24) is 4.98 Å². The normalized spacial score (nSPS) is 13.4. The van der Waals surface area contributed by atoms with Gasteiger partial charge in [0.25, 0.3) is 0 Å². The molecule has 5 nitrogen and oxygen atoms in total. The van der Waals surface area contributed by atoms with Gasteiger partial charge in [-0.25, -0.2) is 4.39 Å². The first-order chi connectivity index (χ1) is 14.2. The van der Waals surface area contributed by atoms with Crippen molar-refractivity contribution in [1.29, 1.82) is 0 Å². The van der Waals surface area contributed by atoms with Crippen molar-refractivity contribution < 1.29 is 24.1 Å². The number of methoxy groups -OCH3 is 1. The minimum Gasteiger partial charge on any atom is -0.508 e. The van der Waals surface area contributed by atoms with Gasteiger partial charge in [-0.1, -0.05) is 19.9 Å². The predicted molar refractivity (Wildman–Crippen MR) is 114 cm³/mol. The molecule has 6 heteroatoms. The Labute approximate surface area is 175 Å². The number of aromatic nitrogens is 1. The molecule has 0 aliphatic rings. The van der Waals surface area contributed by atoms with E-state index in [1.165, 1.54) is 6.07 Å². The number of nitrogens with zero attached hydrogens (tertiary/aromatic N) is 1. The Morgan fingerprint density at radius 3 is 2.57 bits per heavy atom. The molecular formula is C24H26FNO4. The number of aryl methyl sites for hydroxylation is 1. The highest BCUT2D eigenvalue weighted by atomic mass is 19.1. The second-order valence-electron chi connectivity index (χ2n) is 7.81. The summed E-state index contributed by atoms with van der Waals surface area (Å²) in [5.74, 6) is -1.83. The second kappa shape index (κ2) is 8.79. The lowest BCUT2D eigenvalue weighted by molar-refractivity contribution is -0.141. The van der Waals surface area contributed by atoms with Crippen LogP contribution in [0, 0.1) is 18.7 Å². The van der Waals surface area contributed by atoms with Crippen molar-refractivity contribution in [2.45, 2.75) is 33.1 Å². The Morgan fingerprint density at radius 1 is 1.20 bits per heavy atom. The fourth-order valence-corrected chi connectivity index (χ4v) is 3.83. The number of rotatable bonds is 7. The molecule has 0 bridgehead atoms. The van der Waals surface area contributed by atoms with Gasteiger partial charge in [0.2, 0.25) is 0 Å². The van der Waals surface area contributed by atoms with Crippen LogP contribution >= 0.6 is 0 Å². The number of aliphatic carboxylic acids is 1. The first kappa shape index (κ1) is 21.7. The van der Waals surface area contributed by atoms with Gasteiger partial charge in [-0.15, -0.1) is 0 Å². The molecule has 1 aromatic heterocycles. The SMILES string of the molecule is COCC(C)c1c(C[C@H](C)C(=O)O)nc2cc(O)ccc2c1-c1ccc(F)c(C)c1. The lowest BCUT2D eigenvalue weighted by atomic mass is 9.85. The smallest absolute Gasteiger partial charge is 0.306 e. The molecule has 2 aromatic carbocycles. The van der Waals surface area contributed by atoms with E-state index in [0.29, 0.717) is 23.4 Å². The number of carboxylic acid groups (broad SMARTS) is 1. The second-order valence-corrected chi connectivity index (χ2v) is 7.81. The van der Waals surface area contributed by atoms with Crippen molar-refractivity contribution in [3.8, 4) is 16.9 Å². The summed E-state index contributed by atoms with van der Waals surface area (Å²) in [4.78, 5) is 16.3. The fourth-order valence-electron chi connectivity index (χ4n) is 3.83. The molecule has 0 aliphatic heterocycles. The lowest BCUT2D eigenvalue weighted by Gasteiger charge is -2.23. The summed E-state index contributed by atoms with van der Waals surface area (Å²) in [7, 11) is 1.62. The number of phenols is 1. The maximum Gasteiger partial charge on any atom is 0.306 e. The molecule has 0 spiro atoms. The van der Waals surface area contributed by atoms with Gasteiger partial charge in [0, 0.05) is 36.6 Å². The minimum absolute atomic E-state index is 0.0722. The summed E-state index contributed by atoms with van der Waals surface area (Å²) in [5, 5.41) is 20.3. The Balaban J connectivity index is 2.39. The van der Waals surface area contributed by atoms with Crippen LogP contribution in [0.25, 0.3) is 22.0 Å². The van der Waals surface area contributed by atoms with Gasteiger partial charge in [-0.2, -0.15) is 0 Å². The Morgan fingerprint density at radius 2 is 1.93 bits per heavy atom. The number of phenolic OH excluding ortho intramolecular Hbond substituents is 1. The third-order valence-electron chi connectivity index (χ3n) is 5.36. The summed E-state index contributed by atoms with van der Waals surface area (Å²) in [5.41, 5.74) is 4.28. The minimum atomic E-state index is -0.905.